The van der Waals surface area contributed by atoms with Gasteiger partial charge in [-0.2, -0.15) is 0 Å². The first-order chi connectivity index (χ1) is 9.81. The largest absolute Gasteiger partial charge is 0.484 e. The lowest BCUT2D eigenvalue weighted by atomic mass is 10.1. The molecule has 21 heavy (non-hydrogen) atoms. The maximum atomic E-state index is 11.6. The average Bonchev–Trinajstić information content (AvgIpc) is 2.42. The number of nitrogens with one attached hydrogen (secondary N) is 1. The van der Waals surface area contributed by atoms with Gasteiger partial charge >= 0.3 is 5.97 Å². The SMILES string of the molecule is CC(C)[C@@H](NC(=O)COc1ccc([N+](=O)[O-])cc1)C(=O)O. The molecular formula is C13H16N2O6. The van der Waals surface area contributed by atoms with Crippen LogP contribution in [0.2, 0.25) is 0 Å². The van der Waals surface area contributed by atoms with Crippen molar-refractivity contribution < 1.29 is 24.4 Å². The fraction of sp³-hybridized carbons (Fsp3) is 0.385. The minimum atomic E-state index is -1.12. The number of non-ortho nitro benzene ring substituents is 1. The number of nitro benzene ring substituents is 1. The van der Waals surface area contributed by atoms with Crippen molar-refractivity contribution in [2.45, 2.75) is 19.9 Å². The van der Waals surface area contributed by atoms with E-state index in [1.807, 2.05) is 0 Å². The van der Waals surface area contributed by atoms with Gasteiger partial charge in [-0.25, -0.2) is 4.79 Å². The monoisotopic (exact) mass is 296 g/mol. The molecule has 0 bridgehead atoms. The molecule has 0 saturated carbocycles. The highest BCUT2D eigenvalue weighted by Gasteiger charge is 2.23. The van der Waals surface area contributed by atoms with E-state index in [-0.39, 0.29) is 24.0 Å². The maximum Gasteiger partial charge on any atom is 0.326 e. The summed E-state index contributed by atoms with van der Waals surface area (Å²) < 4.78 is 5.14. The van der Waals surface area contributed by atoms with Gasteiger partial charge < -0.3 is 15.2 Å². The van der Waals surface area contributed by atoms with Crippen molar-refractivity contribution in [3.8, 4) is 5.75 Å². The van der Waals surface area contributed by atoms with E-state index in [2.05, 4.69) is 5.32 Å². The molecule has 1 aromatic rings. The second-order valence-electron chi connectivity index (χ2n) is 4.67. The lowest BCUT2D eigenvalue weighted by Crippen LogP contribution is -2.46. The summed E-state index contributed by atoms with van der Waals surface area (Å²) in [5.74, 6) is -1.67. The van der Waals surface area contributed by atoms with E-state index < -0.39 is 22.8 Å². The Bertz CT molecular complexity index is 526. The molecule has 8 heteroatoms. The Kier molecular flexibility index (Phi) is 5.65. The molecule has 1 aromatic carbocycles. The zero-order chi connectivity index (χ0) is 16.0. The molecule has 0 fully saturated rings. The average molecular weight is 296 g/mol. The Balaban J connectivity index is 2.52. The van der Waals surface area contributed by atoms with Gasteiger partial charge in [-0.1, -0.05) is 13.8 Å². The van der Waals surface area contributed by atoms with Gasteiger partial charge in [0.25, 0.3) is 11.6 Å². The standard InChI is InChI=1S/C13H16N2O6/c1-8(2)12(13(17)18)14-11(16)7-21-10-5-3-9(4-6-10)15(19)20/h3-6,8,12H,7H2,1-2H3,(H,14,16)(H,17,18)/t12-/m1/s1. The first-order valence-electron chi connectivity index (χ1n) is 6.20. The van der Waals surface area contributed by atoms with Gasteiger partial charge in [-0.05, 0) is 18.1 Å². The molecule has 0 aliphatic rings. The molecule has 0 saturated heterocycles. The first kappa shape index (κ1) is 16.4. The number of rotatable bonds is 7. The third-order valence-corrected chi connectivity index (χ3v) is 2.67. The van der Waals surface area contributed by atoms with E-state index in [0.717, 1.165) is 0 Å². The number of carboxylic acid groups (broad SMARTS) is 1. The lowest BCUT2D eigenvalue weighted by Gasteiger charge is -2.17. The van der Waals surface area contributed by atoms with Gasteiger partial charge in [-0.15, -0.1) is 0 Å². The van der Waals surface area contributed by atoms with Crippen LogP contribution >= 0.6 is 0 Å². The number of hydrogen-bond donors (Lipinski definition) is 2. The number of carbonyl (C=O) groups excluding carboxylic acids is 1. The molecule has 0 unspecified atom stereocenters. The minimum Gasteiger partial charge on any atom is -0.484 e. The normalized spacial score (nSPS) is 11.8. The number of carboxylic acids is 1. The number of hydrogen-bond acceptors (Lipinski definition) is 5. The highest BCUT2D eigenvalue weighted by atomic mass is 16.6. The third-order valence-electron chi connectivity index (χ3n) is 2.67. The van der Waals surface area contributed by atoms with Crippen molar-refractivity contribution in [3.63, 3.8) is 0 Å². The molecule has 1 amide bonds. The van der Waals surface area contributed by atoms with E-state index in [0.29, 0.717) is 0 Å². The fourth-order valence-corrected chi connectivity index (χ4v) is 1.54. The molecule has 1 rings (SSSR count). The van der Waals surface area contributed by atoms with E-state index in [9.17, 15) is 19.7 Å². The highest BCUT2D eigenvalue weighted by Crippen LogP contribution is 2.17. The smallest absolute Gasteiger partial charge is 0.326 e. The number of carbonyl (C=O) groups is 2. The zero-order valence-electron chi connectivity index (χ0n) is 11.6. The van der Waals surface area contributed by atoms with Crippen LogP contribution < -0.4 is 10.1 Å². The van der Waals surface area contributed by atoms with Crippen LogP contribution in [0.4, 0.5) is 5.69 Å². The third kappa shape index (κ3) is 5.09. The van der Waals surface area contributed by atoms with Crippen molar-refractivity contribution in [3.05, 3.63) is 34.4 Å². The molecule has 8 nitrogen and oxygen atoms in total. The van der Waals surface area contributed by atoms with Gasteiger partial charge in [0.15, 0.2) is 6.61 Å². The topological polar surface area (TPSA) is 119 Å². The van der Waals surface area contributed by atoms with Crippen LogP contribution in [0, 0.1) is 16.0 Å². The van der Waals surface area contributed by atoms with Crippen molar-refractivity contribution in [2.75, 3.05) is 6.61 Å². The number of amides is 1. The second-order valence-corrected chi connectivity index (χ2v) is 4.67. The van der Waals surface area contributed by atoms with Gasteiger partial charge in [0.2, 0.25) is 0 Å². The summed E-state index contributed by atoms with van der Waals surface area (Å²) in [5.41, 5.74) is -0.0856. The number of ether oxygens (including phenoxy) is 1. The molecule has 0 heterocycles. The van der Waals surface area contributed by atoms with Gasteiger partial charge in [0.1, 0.15) is 11.8 Å². The molecular weight excluding hydrogens is 280 g/mol. The van der Waals surface area contributed by atoms with E-state index >= 15 is 0 Å². The van der Waals surface area contributed by atoms with Crippen LogP contribution in [0.1, 0.15) is 13.8 Å². The Hall–Kier alpha value is -2.64. The van der Waals surface area contributed by atoms with Crippen LogP contribution in [-0.4, -0.2) is 34.6 Å². The summed E-state index contributed by atoms with van der Waals surface area (Å²) >= 11 is 0. The van der Waals surface area contributed by atoms with E-state index in [4.69, 9.17) is 9.84 Å². The van der Waals surface area contributed by atoms with Gasteiger partial charge in [-0.3, -0.25) is 14.9 Å². The number of benzene rings is 1. The fourth-order valence-electron chi connectivity index (χ4n) is 1.54. The lowest BCUT2D eigenvalue weighted by molar-refractivity contribution is -0.384. The minimum absolute atomic E-state index is 0.0856. The van der Waals surface area contributed by atoms with Crippen LogP contribution in [0.5, 0.6) is 5.75 Å². The van der Waals surface area contributed by atoms with E-state index in [1.165, 1.54) is 24.3 Å². The second kappa shape index (κ2) is 7.22. The molecule has 0 radical (unpaired) electrons. The predicted octanol–water partition coefficient (Wildman–Crippen LogP) is 1.20. The van der Waals surface area contributed by atoms with Crippen molar-refractivity contribution in [1.82, 2.24) is 5.32 Å². The van der Waals surface area contributed by atoms with Crippen molar-refractivity contribution in [2.24, 2.45) is 5.92 Å². The number of nitrogens with zero attached hydrogens (tertiary/aromatic N) is 1. The quantitative estimate of drug-likeness (QED) is 0.576. The van der Waals surface area contributed by atoms with E-state index in [1.54, 1.807) is 13.8 Å². The first-order valence-corrected chi connectivity index (χ1v) is 6.20. The predicted molar refractivity (Wildman–Crippen MR) is 73.0 cm³/mol. The highest BCUT2D eigenvalue weighted by molar-refractivity contribution is 5.84. The number of nitro groups is 1. The molecule has 1 atom stereocenters. The molecule has 0 spiro atoms. The zero-order valence-corrected chi connectivity index (χ0v) is 11.6. The molecule has 0 aliphatic carbocycles. The van der Waals surface area contributed by atoms with Gasteiger partial charge in [0.05, 0.1) is 4.92 Å². The summed E-state index contributed by atoms with van der Waals surface area (Å²) in [5, 5.41) is 21.8. The summed E-state index contributed by atoms with van der Waals surface area (Å²) in [6.45, 7) is 2.99. The van der Waals surface area contributed by atoms with Crippen molar-refractivity contribution >= 4 is 17.6 Å². The van der Waals surface area contributed by atoms with Crippen LogP contribution in [0.15, 0.2) is 24.3 Å². The van der Waals surface area contributed by atoms with Gasteiger partial charge in [0, 0.05) is 12.1 Å². The number of aliphatic carboxylic acids is 1. The Labute approximate surface area is 120 Å². The molecule has 0 aromatic heterocycles. The molecule has 114 valence electrons. The van der Waals surface area contributed by atoms with Crippen LogP contribution in [0.25, 0.3) is 0 Å². The van der Waals surface area contributed by atoms with Crippen molar-refractivity contribution in [1.29, 1.82) is 0 Å². The maximum absolute atomic E-state index is 11.6. The van der Waals surface area contributed by atoms with Crippen LogP contribution in [0.3, 0.4) is 0 Å². The molecule has 0 aliphatic heterocycles. The Morgan fingerprint density at radius 2 is 1.90 bits per heavy atom. The van der Waals surface area contributed by atoms with Crippen LogP contribution in [-0.2, 0) is 9.59 Å². The summed E-state index contributed by atoms with van der Waals surface area (Å²) in [4.78, 5) is 32.5. The summed E-state index contributed by atoms with van der Waals surface area (Å²) in [6.07, 6.45) is 0. The Morgan fingerprint density at radius 3 is 2.33 bits per heavy atom. The molecule has 2 N–H and O–H groups in total. The summed E-state index contributed by atoms with van der Waals surface area (Å²) in [7, 11) is 0. The summed E-state index contributed by atoms with van der Waals surface area (Å²) in [6, 6.07) is 4.24. The Morgan fingerprint density at radius 1 is 1.33 bits per heavy atom.